The van der Waals surface area contributed by atoms with E-state index in [0.29, 0.717) is 11.3 Å². The van der Waals surface area contributed by atoms with Crippen LogP contribution in [0.3, 0.4) is 0 Å². The summed E-state index contributed by atoms with van der Waals surface area (Å²) in [6.45, 7) is 3.45. The van der Waals surface area contributed by atoms with E-state index in [1.165, 1.54) is 56.5 Å². The number of aromatic nitrogens is 1. The molecule has 2 saturated heterocycles. The summed E-state index contributed by atoms with van der Waals surface area (Å²) in [6, 6.07) is 9.95. The molecule has 2 aromatic rings. The van der Waals surface area contributed by atoms with Crippen molar-refractivity contribution < 1.29 is 17.9 Å². The number of hydrogen-bond donors (Lipinski definition) is 0. The van der Waals surface area contributed by atoms with Crippen LogP contribution in [-0.2, 0) is 5.41 Å². The summed E-state index contributed by atoms with van der Waals surface area (Å²) in [5.74, 6) is -0.227. The van der Waals surface area contributed by atoms with Crippen molar-refractivity contribution in [3.05, 3.63) is 48.2 Å². The molecule has 0 N–H and O–H groups in total. The van der Waals surface area contributed by atoms with E-state index in [9.17, 15) is 13.2 Å². The molecule has 138 valence electrons. The molecule has 0 aliphatic carbocycles. The second-order valence-corrected chi connectivity index (χ2v) is 7.27. The SMILES string of the molecule is FC(F)(F)Oc1cccc(-c2ccc(C34CCCN(CCC3)C4)cn2)c1. The third kappa shape index (κ3) is 3.56. The van der Waals surface area contributed by atoms with E-state index in [1.807, 2.05) is 12.3 Å². The number of hydrogen-bond acceptors (Lipinski definition) is 3. The first-order valence-electron chi connectivity index (χ1n) is 8.99. The van der Waals surface area contributed by atoms with Crippen LogP contribution in [0.2, 0.25) is 0 Å². The summed E-state index contributed by atoms with van der Waals surface area (Å²) in [5, 5.41) is 0. The summed E-state index contributed by atoms with van der Waals surface area (Å²) >= 11 is 0. The second kappa shape index (κ2) is 6.58. The van der Waals surface area contributed by atoms with E-state index >= 15 is 0 Å². The maximum absolute atomic E-state index is 12.4. The lowest BCUT2D eigenvalue weighted by atomic mass is 9.69. The fourth-order valence-corrected chi connectivity index (χ4v) is 4.37. The number of benzene rings is 1. The fourth-order valence-electron chi connectivity index (χ4n) is 4.37. The van der Waals surface area contributed by atoms with E-state index in [0.717, 1.165) is 6.54 Å². The predicted molar refractivity (Wildman–Crippen MR) is 92.9 cm³/mol. The molecular weight excluding hydrogens is 341 g/mol. The molecule has 0 saturated carbocycles. The average Bonchev–Trinajstić information content (AvgIpc) is 2.61. The van der Waals surface area contributed by atoms with E-state index in [-0.39, 0.29) is 11.2 Å². The zero-order chi connectivity index (χ0) is 18.2. The summed E-state index contributed by atoms with van der Waals surface area (Å²) in [4.78, 5) is 7.08. The van der Waals surface area contributed by atoms with Crippen LogP contribution in [0.25, 0.3) is 11.3 Å². The van der Waals surface area contributed by atoms with Gasteiger partial charge in [-0.3, -0.25) is 4.98 Å². The van der Waals surface area contributed by atoms with Gasteiger partial charge in [0.1, 0.15) is 5.75 Å². The molecule has 0 atom stereocenters. The smallest absolute Gasteiger partial charge is 0.406 e. The van der Waals surface area contributed by atoms with E-state index in [1.54, 1.807) is 12.1 Å². The average molecular weight is 362 g/mol. The van der Waals surface area contributed by atoms with Gasteiger partial charge in [-0.15, -0.1) is 13.2 Å². The topological polar surface area (TPSA) is 25.4 Å². The molecule has 2 bridgehead atoms. The van der Waals surface area contributed by atoms with Crippen LogP contribution in [0.4, 0.5) is 13.2 Å². The highest BCUT2D eigenvalue weighted by atomic mass is 19.4. The Morgan fingerprint density at radius 3 is 2.46 bits per heavy atom. The predicted octanol–water partition coefficient (Wildman–Crippen LogP) is 4.77. The quantitative estimate of drug-likeness (QED) is 0.786. The first-order valence-corrected chi connectivity index (χ1v) is 8.99. The number of rotatable bonds is 3. The highest BCUT2D eigenvalue weighted by molar-refractivity contribution is 5.61. The van der Waals surface area contributed by atoms with Gasteiger partial charge in [0.15, 0.2) is 0 Å². The van der Waals surface area contributed by atoms with E-state index in [2.05, 4.69) is 20.7 Å². The Labute approximate surface area is 150 Å². The van der Waals surface area contributed by atoms with Gasteiger partial charge < -0.3 is 9.64 Å². The summed E-state index contributed by atoms with van der Waals surface area (Å²) in [5.41, 5.74) is 2.70. The number of fused-ring (bicyclic) bond motifs is 2. The van der Waals surface area contributed by atoms with Crippen molar-refractivity contribution in [1.82, 2.24) is 9.88 Å². The summed E-state index contributed by atoms with van der Waals surface area (Å²) in [6.07, 6.45) is 1.99. The lowest BCUT2D eigenvalue weighted by Crippen LogP contribution is -2.50. The van der Waals surface area contributed by atoms with Gasteiger partial charge in [-0.05, 0) is 62.5 Å². The standard InChI is InChI=1S/C20H21F3N2O/c21-20(22,23)26-17-5-1-4-15(12-17)18-7-6-16(13-24-18)19-8-2-10-25(14-19)11-3-9-19/h1,4-7,12-13H,2-3,8-11,14H2. The Morgan fingerprint density at radius 1 is 1.04 bits per heavy atom. The number of halogens is 3. The summed E-state index contributed by atoms with van der Waals surface area (Å²) in [7, 11) is 0. The minimum atomic E-state index is -4.69. The highest BCUT2D eigenvalue weighted by Gasteiger charge is 2.39. The van der Waals surface area contributed by atoms with Gasteiger partial charge in [0.05, 0.1) is 5.69 Å². The molecule has 0 spiro atoms. The third-order valence-electron chi connectivity index (χ3n) is 5.52. The van der Waals surface area contributed by atoms with Crippen molar-refractivity contribution in [3.8, 4) is 17.0 Å². The number of pyridine rings is 1. The third-order valence-corrected chi connectivity index (χ3v) is 5.52. The Balaban J connectivity index is 1.57. The van der Waals surface area contributed by atoms with Crippen molar-refractivity contribution in [1.29, 1.82) is 0 Å². The molecule has 0 amide bonds. The van der Waals surface area contributed by atoms with Crippen LogP contribution < -0.4 is 4.74 Å². The lowest BCUT2D eigenvalue weighted by Gasteiger charge is -2.47. The largest absolute Gasteiger partial charge is 0.573 e. The zero-order valence-corrected chi connectivity index (χ0v) is 14.4. The molecule has 0 radical (unpaired) electrons. The number of nitrogens with zero attached hydrogens (tertiary/aromatic N) is 2. The summed E-state index contributed by atoms with van der Waals surface area (Å²) < 4.78 is 41.2. The van der Waals surface area contributed by atoms with Crippen molar-refractivity contribution in [3.63, 3.8) is 0 Å². The molecule has 6 heteroatoms. The van der Waals surface area contributed by atoms with Gasteiger partial charge in [-0.25, -0.2) is 0 Å². The van der Waals surface area contributed by atoms with E-state index < -0.39 is 6.36 Å². The molecule has 2 fully saturated rings. The van der Waals surface area contributed by atoms with Gasteiger partial charge in [0.25, 0.3) is 0 Å². The van der Waals surface area contributed by atoms with Crippen LogP contribution >= 0.6 is 0 Å². The van der Waals surface area contributed by atoms with Crippen molar-refractivity contribution in [2.45, 2.75) is 37.5 Å². The molecule has 3 heterocycles. The van der Waals surface area contributed by atoms with Crippen molar-refractivity contribution in [2.75, 3.05) is 19.6 Å². The zero-order valence-electron chi connectivity index (χ0n) is 14.4. The Bertz CT molecular complexity index is 763. The van der Waals surface area contributed by atoms with Gasteiger partial charge >= 0.3 is 6.36 Å². The van der Waals surface area contributed by atoms with Crippen molar-refractivity contribution in [2.24, 2.45) is 0 Å². The van der Waals surface area contributed by atoms with Gasteiger partial charge in [0.2, 0.25) is 0 Å². The van der Waals surface area contributed by atoms with Crippen molar-refractivity contribution >= 4 is 0 Å². The Hall–Kier alpha value is -2.08. The van der Waals surface area contributed by atoms with Crippen LogP contribution in [0, 0.1) is 0 Å². The second-order valence-electron chi connectivity index (χ2n) is 7.27. The molecule has 1 aromatic heterocycles. The molecule has 2 aliphatic rings. The number of alkyl halides is 3. The van der Waals surface area contributed by atoms with Gasteiger partial charge in [0, 0.05) is 23.7 Å². The molecule has 4 rings (SSSR count). The van der Waals surface area contributed by atoms with Gasteiger partial charge in [-0.2, -0.15) is 0 Å². The van der Waals surface area contributed by atoms with Gasteiger partial charge in [-0.1, -0.05) is 18.2 Å². The molecule has 26 heavy (non-hydrogen) atoms. The molecule has 0 unspecified atom stereocenters. The molecule has 3 nitrogen and oxygen atoms in total. The molecule has 1 aromatic carbocycles. The number of ether oxygens (including phenoxy) is 1. The maximum Gasteiger partial charge on any atom is 0.573 e. The Kier molecular flexibility index (Phi) is 4.39. The van der Waals surface area contributed by atoms with Crippen LogP contribution in [0.5, 0.6) is 5.75 Å². The number of piperidine rings is 2. The molecule has 2 aliphatic heterocycles. The monoisotopic (exact) mass is 362 g/mol. The lowest BCUT2D eigenvalue weighted by molar-refractivity contribution is -0.274. The normalized spacial score (nSPS) is 25.7. The minimum Gasteiger partial charge on any atom is -0.406 e. The fraction of sp³-hybridized carbons (Fsp3) is 0.450. The Morgan fingerprint density at radius 2 is 1.81 bits per heavy atom. The van der Waals surface area contributed by atoms with E-state index in [4.69, 9.17) is 0 Å². The van der Waals surface area contributed by atoms with Crippen LogP contribution in [0.1, 0.15) is 31.2 Å². The van der Waals surface area contributed by atoms with Crippen LogP contribution in [-0.4, -0.2) is 35.9 Å². The minimum absolute atomic E-state index is 0.184. The van der Waals surface area contributed by atoms with Crippen LogP contribution in [0.15, 0.2) is 42.6 Å². The highest BCUT2D eigenvalue weighted by Crippen LogP contribution is 2.41. The maximum atomic E-state index is 12.4. The molecular formula is C20H21F3N2O. The first-order chi connectivity index (χ1) is 12.4. The first kappa shape index (κ1) is 17.3.